The third-order valence-electron chi connectivity index (χ3n) is 3.41. The van der Waals surface area contributed by atoms with E-state index in [2.05, 4.69) is 43.2 Å². The smallest absolute Gasteiger partial charge is 0.141 e. The number of hydrogen-bond acceptors (Lipinski definition) is 2. The quantitative estimate of drug-likeness (QED) is 0.907. The zero-order valence-corrected chi connectivity index (χ0v) is 11.6. The maximum absolute atomic E-state index is 13.0. The van der Waals surface area contributed by atoms with Crippen LogP contribution < -0.4 is 5.32 Å². The van der Waals surface area contributed by atoms with Gasteiger partial charge in [-0.15, -0.1) is 0 Å². The molecule has 0 aliphatic carbocycles. The first-order valence-electron chi connectivity index (χ1n) is 6.54. The average Bonchev–Trinajstić information content (AvgIpc) is 2.41. The lowest BCUT2D eigenvalue weighted by atomic mass is 9.95. The SMILES string of the molecule is CCNC(c1ccc(F)cn1)c1cccc(C)c1C. The van der Waals surface area contributed by atoms with Gasteiger partial charge in [0.05, 0.1) is 17.9 Å². The summed E-state index contributed by atoms with van der Waals surface area (Å²) in [6, 6.07) is 9.44. The van der Waals surface area contributed by atoms with Crippen molar-refractivity contribution < 1.29 is 4.39 Å². The summed E-state index contributed by atoms with van der Waals surface area (Å²) < 4.78 is 13.0. The molecule has 3 heteroatoms. The van der Waals surface area contributed by atoms with Crippen LogP contribution in [0.2, 0.25) is 0 Å². The molecule has 0 spiro atoms. The maximum atomic E-state index is 13.0. The van der Waals surface area contributed by atoms with E-state index >= 15 is 0 Å². The van der Waals surface area contributed by atoms with Crippen molar-refractivity contribution in [1.82, 2.24) is 10.3 Å². The summed E-state index contributed by atoms with van der Waals surface area (Å²) >= 11 is 0. The topological polar surface area (TPSA) is 24.9 Å². The van der Waals surface area contributed by atoms with E-state index in [4.69, 9.17) is 0 Å². The fraction of sp³-hybridized carbons (Fsp3) is 0.312. The van der Waals surface area contributed by atoms with E-state index in [0.717, 1.165) is 12.2 Å². The van der Waals surface area contributed by atoms with Crippen LogP contribution in [0.1, 0.15) is 35.3 Å². The van der Waals surface area contributed by atoms with Gasteiger partial charge < -0.3 is 5.32 Å². The number of halogens is 1. The van der Waals surface area contributed by atoms with Crippen LogP contribution in [-0.2, 0) is 0 Å². The number of pyridine rings is 1. The van der Waals surface area contributed by atoms with Crippen molar-refractivity contribution in [3.8, 4) is 0 Å². The highest BCUT2D eigenvalue weighted by atomic mass is 19.1. The highest BCUT2D eigenvalue weighted by Crippen LogP contribution is 2.25. The molecule has 1 unspecified atom stereocenters. The Morgan fingerprint density at radius 3 is 2.63 bits per heavy atom. The molecule has 2 aromatic rings. The number of hydrogen-bond donors (Lipinski definition) is 1. The number of rotatable bonds is 4. The van der Waals surface area contributed by atoms with Crippen molar-refractivity contribution >= 4 is 0 Å². The first-order chi connectivity index (χ1) is 9.13. The second-order valence-electron chi connectivity index (χ2n) is 4.68. The molecular formula is C16H19FN2. The first kappa shape index (κ1) is 13.7. The minimum absolute atomic E-state index is 0.00509. The van der Waals surface area contributed by atoms with Gasteiger partial charge in [0.2, 0.25) is 0 Å². The van der Waals surface area contributed by atoms with Crippen LogP contribution in [0.3, 0.4) is 0 Å². The van der Waals surface area contributed by atoms with Gasteiger partial charge in [-0.25, -0.2) is 4.39 Å². The standard InChI is InChI=1S/C16H19FN2/c1-4-18-16(15-9-8-13(17)10-19-15)14-7-5-6-11(2)12(14)3/h5-10,16,18H,4H2,1-3H3. The van der Waals surface area contributed by atoms with E-state index in [-0.39, 0.29) is 11.9 Å². The summed E-state index contributed by atoms with van der Waals surface area (Å²) in [6.07, 6.45) is 1.27. The molecule has 1 N–H and O–H groups in total. The van der Waals surface area contributed by atoms with Crippen LogP contribution in [0.15, 0.2) is 36.5 Å². The van der Waals surface area contributed by atoms with Gasteiger partial charge in [-0.3, -0.25) is 4.98 Å². The number of benzene rings is 1. The van der Waals surface area contributed by atoms with Gasteiger partial charge in [0.15, 0.2) is 0 Å². The molecule has 2 nitrogen and oxygen atoms in total. The second kappa shape index (κ2) is 5.93. The van der Waals surface area contributed by atoms with E-state index in [1.807, 2.05) is 6.07 Å². The Morgan fingerprint density at radius 1 is 1.21 bits per heavy atom. The molecular weight excluding hydrogens is 239 g/mol. The third-order valence-corrected chi connectivity index (χ3v) is 3.41. The first-order valence-corrected chi connectivity index (χ1v) is 6.54. The Hall–Kier alpha value is -1.74. The molecule has 0 amide bonds. The Morgan fingerprint density at radius 2 is 2.00 bits per heavy atom. The van der Waals surface area contributed by atoms with Gasteiger partial charge in [0, 0.05) is 0 Å². The molecule has 2 rings (SSSR count). The van der Waals surface area contributed by atoms with Gasteiger partial charge >= 0.3 is 0 Å². The summed E-state index contributed by atoms with van der Waals surface area (Å²) in [7, 11) is 0. The van der Waals surface area contributed by atoms with E-state index in [9.17, 15) is 4.39 Å². The van der Waals surface area contributed by atoms with Crippen molar-refractivity contribution in [3.05, 3.63) is 64.7 Å². The fourth-order valence-electron chi connectivity index (χ4n) is 2.22. The van der Waals surface area contributed by atoms with Crippen molar-refractivity contribution in [2.45, 2.75) is 26.8 Å². The Kier molecular flexibility index (Phi) is 4.27. The van der Waals surface area contributed by atoms with Gasteiger partial charge in [-0.05, 0) is 49.2 Å². The molecule has 0 saturated carbocycles. The largest absolute Gasteiger partial charge is 0.305 e. The number of aryl methyl sites for hydroxylation is 1. The molecule has 19 heavy (non-hydrogen) atoms. The second-order valence-corrected chi connectivity index (χ2v) is 4.68. The Labute approximate surface area is 113 Å². The summed E-state index contributed by atoms with van der Waals surface area (Å²) in [4.78, 5) is 4.21. The Balaban J connectivity index is 2.45. The lowest BCUT2D eigenvalue weighted by molar-refractivity contribution is 0.593. The van der Waals surface area contributed by atoms with Crippen LogP contribution in [-0.4, -0.2) is 11.5 Å². The predicted molar refractivity (Wildman–Crippen MR) is 75.6 cm³/mol. The van der Waals surface area contributed by atoms with E-state index in [1.54, 1.807) is 6.07 Å². The molecule has 1 heterocycles. The lowest BCUT2D eigenvalue weighted by Gasteiger charge is -2.21. The zero-order chi connectivity index (χ0) is 13.8. The number of nitrogens with one attached hydrogen (secondary N) is 1. The van der Waals surface area contributed by atoms with Crippen molar-refractivity contribution in [2.75, 3.05) is 6.54 Å². The van der Waals surface area contributed by atoms with Crippen LogP contribution in [0.5, 0.6) is 0 Å². The van der Waals surface area contributed by atoms with Crippen LogP contribution >= 0.6 is 0 Å². The molecule has 1 atom stereocenters. The van der Waals surface area contributed by atoms with Gasteiger partial charge in [0.25, 0.3) is 0 Å². The summed E-state index contributed by atoms with van der Waals surface area (Å²) in [5.74, 6) is -0.306. The molecule has 100 valence electrons. The molecule has 1 aromatic carbocycles. The summed E-state index contributed by atoms with van der Waals surface area (Å²) in [5, 5.41) is 3.42. The van der Waals surface area contributed by atoms with E-state index in [0.29, 0.717) is 0 Å². The minimum Gasteiger partial charge on any atom is -0.305 e. The zero-order valence-electron chi connectivity index (χ0n) is 11.6. The van der Waals surface area contributed by atoms with E-state index < -0.39 is 0 Å². The molecule has 1 aromatic heterocycles. The highest BCUT2D eigenvalue weighted by molar-refractivity contribution is 5.39. The molecule has 0 radical (unpaired) electrons. The van der Waals surface area contributed by atoms with Crippen LogP contribution in [0.4, 0.5) is 4.39 Å². The van der Waals surface area contributed by atoms with Gasteiger partial charge in [-0.2, -0.15) is 0 Å². The fourth-order valence-corrected chi connectivity index (χ4v) is 2.22. The third kappa shape index (κ3) is 2.99. The average molecular weight is 258 g/mol. The van der Waals surface area contributed by atoms with Gasteiger partial charge in [-0.1, -0.05) is 25.1 Å². The number of nitrogens with zero attached hydrogens (tertiary/aromatic N) is 1. The predicted octanol–water partition coefficient (Wildman–Crippen LogP) is 3.54. The maximum Gasteiger partial charge on any atom is 0.141 e. The molecule has 0 aliphatic rings. The monoisotopic (exact) mass is 258 g/mol. The van der Waals surface area contributed by atoms with E-state index in [1.165, 1.54) is 29.0 Å². The minimum atomic E-state index is -0.306. The van der Waals surface area contributed by atoms with Crippen molar-refractivity contribution in [2.24, 2.45) is 0 Å². The highest BCUT2D eigenvalue weighted by Gasteiger charge is 2.17. The molecule has 0 bridgehead atoms. The molecule has 0 saturated heterocycles. The van der Waals surface area contributed by atoms with Crippen molar-refractivity contribution in [3.63, 3.8) is 0 Å². The van der Waals surface area contributed by atoms with Gasteiger partial charge in [0.1, 0.15) is 5.82 Å². The molecule has 0 aliphatic heterocycles. The van der Waals surface area contributed by atoms with Crippen molar-refractivity contribution in [1.29, 1.82) is 0 Å². The lowest BCUT2D eigenvalue weighted by Crippen LogP contribution is -2.24. The summed E-state index contributed by atoms with van der Waals surface area (Å²) in [5.41, 5.74) is 4.54. The molecule has 0 fully saturated rings. The van der Waals surface area contributed by atoms with Crippen LogP contribution in [0, 0.1) is 19.7 Å². The summed E-state index contributed by atoms with van der Waals surface area (Å²) in [6.45, 7) is 7.09. The number of aromatic nitrogens is 1. The normalized spacial score (nSPS) is 12.4. The van der Waals surface area contributed by atoms with Crippen LogP contribution in [0.25, 0.3) is 0 Å². The Bertz CT molecular complexity index is 549.